The van der Waals surface area contributed by atoms with E-state index < -0.39 is 0 Å². The van der Waals surface area contributed by atoms with E-state index in [9.17, 15) is 0 Å². The third-order valence-electron chi connectivity index (χ3n) is 4.27. The van der Waals surface area contributed by atoms with Crippen molar-refractivity contribution in [2.24, 2.45) is 17.6 Å². The molecular weight excluding hydrogens is 208 g/mol. The highest BCUT2D eigenvalue weighted by Crippen LogP contribution is 2.32. The van der Waals surface area contributed by atoms with Gasteiger partial charge in [-0.1, -0.05) is 46.5 Å². The number of rotatable bonds is 6. The Hall–Kier alpha value is -0.0800. The lowest BCUT2D eigenvalue weighted by atomic mass is 9.88. The zero-order chi connectivity index (χ0) is 12.7. The molecule has 0 radical (unpaired) electrons. The van der Waals surface area contributed by atoms with E-state index in [1.165, 1.54) is 44.9 Å². The highest BCUT2D eigenvalue weighted by atomic mass is 15.0. The number of nitrogens with one attached hydrogen (secondary N) is 1. The van der Waals surface area contributed by atoms with Crippen molar-refractivity contribution in [3.63, 3.8) is 0 Å². The summed E-state index contributed by atoms with van der Waals surface area (Å²) in [5.74, 6) is 1.67. The Kier molecular flexibility index (Phi) is 6.50. The lowest BCUT2D eigenvalue weighted by Gasteiger charge is -2.34. The van der Waals surface area contributed by atoms with E-state index in [-0.39, 0.29) is 5.54 Å². The highest BCUT2D eigenvalue weighted by molar-refractivity contribution is 4.92. The van der Waals surface area contributed by atoms with Crippen LogP contribution >= 0.6 is 0 Å². The molecule has 0 amide bonds. The number of hydrogen-bond donors (Lipinski definition) is 2. The van der Waals surface area contributed by atoms with Crippen LogP contribution in [0.2, 0.25) is 0 Å². The summed E-state index contributed by atoms with van der Waals surface area (Å²) < 4.78 is 0. The summed E-state index contributed by atoms with van der Waals surface area (Å²) in [6.45, 7) is 8.76. The van der Waals surface area contributed by atoms with Gasteiger partial charge in [0.2, 0.25) is 0 Å². The lowest BCUT2D eigenvalue weighted by molar-refractivity contribution is 0.275. The quantitative estimate of drug-likeness (QED) is 0.699. The van der Waals surface area contributed by atoms with Gasteiger partial charge in [-0.15, -0.1) is 0 Å². The van der Waals surface area contributed by atoms with Crippen molar-refractivity contribution in [2.45, 2.75) is 71.3 Å². The summed E-state index contributed by atoms with van der Waals surface area (Å²) in [6.07, 6.45) is 9.43. The van der Waals surface area contributed by atoms with Gasteiger partial charge in [0, 0.05) is 12.1 Å². The molecule has 1 rings (SSSR count). The smallest absolute Gasteiger partial charge is 0.0304 e. The van der Waals surface area contributed by atoms with Gasteiger partial charge in [-0.2, -0.15) is 0 Å². The summed E-state index contributed by atoms with van der Waals surface area (Å²) in [7, 11) is 0. The topological polar surface area (TPSA) is 38.0 Å². The Morgan fingerprint density at radius 3 is 2.65 bits per heavy atom. The number of nitrogens with two attached hydrogens (primary N) is 1. The minimum atomic E-state index is 0.243. The third kappa shape index (κ3) is 4.97. The predicted octanol–water partition coefficient (Wildman–Crippen LogP) is 3.31. The SMILES string of the molecule is CCCC1CCCC(CN)(NCC(C)C)CC1. The van der Waals surface area contributed by atoms with Crippen molar-refractivity contribution in [1.29, 1.82) is 0 Å². The molecule has 17 heavy (non-hydrogen) atoms. The fourth-order valence-corrected chi connectivity index (χ4v) is 3.05. The van der Waals surface area contributed by atoms with E-state index in [4.69, 9.17) is 5.73 Å². The van der Waals surface area contributed by atoms with Crippen molar-refractivity contribution < 1.29 is 0 Å². The Balaban J connectivity index is 2.49. The molecule has 0 aliphatic heterocycles. The predicted molar refractivity (Wildman–Crippen MR) is 76.1 cm³/mol. The molecule has 3 N–H and O–H groups in total. The first-order valence-electron chi connectivity index (χ1n) is 7.57. The fourth-order valence-electron chi connectivity index (χ4n) is 3.05. The summed E-state index contributed by atoms with van der Waals surface area (Å²) in [5.41, 5.74) is 6.29. The molecule has 1 aliphatic carbocycles. The minimum absolute atomic E-state index is 0.243. The van der Waals surface area contributed by atoms with E-state index in [1.54, 1.807) is 0 Å². The van der Waals surface area contributed by atoms with Gasteiger partial charge in [0.05, 0.1) is 0 Å². The molecule has 1 saturated carbocycles. The van der Waals surface area contributed by atoms with Crippen LogP contribution in [0.1, 0.15) is 65.7 Å². The van der Waals surface area contributed by atoms with Crippen LogP contribution in [0.25, 0.3) is 0 Å². The van der Waals surface area contributed by atoms with Crippen molar-refractivity contribution in [3.8, 4) is 0 Å². The molecule has 102 valence electrons. The van der Waals surface area contributed by atoms with Crippen LogP contribution < -0.4 is 11.1 Å². The molecule has 1 aliphatic rings. The third-order valence-corrected chi connectivity index (χ3v) is 4.27. The molecule has 2 unspecified atom stereocenters. The molecule has 2 heteroatoms. The normalized spacial score (nSPS) is 30.5. The molecule has 2 atom stereocenters. The maximum absolute atomic E-state index is 6.05. The second kappa shape index (κ2) is 7.38. The first-order chi connectivity index (χ1) is 8.12. The van der Waals surface area contributed by atoms with Gasteiger partial charge in [-0.25, -0.2) is 0 Å². The van der Waals surface area contributed by atoms with E-state index in [0.29, 0.717) is 5.92 Å². The second-order valence-electron chi connectivity index (χ2n) is 6.34. The van der Waals surface area contributed by atoms with Gasteiger partial charge in [-0.3, -0.25) is 0 Å². The van der Waals surface area contributed by atoms with Gasteiger partial charge in [-0.05, 0) is 37.6 Å². The van der Waals surface area contributed by atoms with Crippen LogP contribution in [-0.2, 0) is 0 Å². The molecule has 0 bridgehead atoms. The first-order valence-corrected chi connectivity index (χ1v) is 7.57. The minimum Gasteiger partial charge on any atom is -0.329 e. The molecule has 0 saturated heterocycles. The molecular formula is C15H32N2. The van der Waals surface area contributed by atoms with Crippen molar-refractivity contribution in [2.75, 3.05) is 13.1 Å². The summed E-state index contributed by atoms with van der Waals surface area (Å²) >= 11 is 0. The fraction of sp³-hybridized carbons (Fsp3) is 1.00. The second-order valence-corrected chi connectivity index (χ2v) is 6.34. The Morgan fingerprint density at radius 2 is 2.06 bits per heavy atom. The van der Waals surface area contributed by atoms with Crippen molar-refractivity contribution >= 4 is 0 Å². The number of hydrogen-bond acceptors (Lipinski definition) is 2. The standard InChI is InChI=1S/C15H32N2/c1-4-6-14-7-5-9-15(12-16,10-8-14)17-11-13(2)3/h13-14,17H,4-12,16H2,1-3H3. The average Bonchev–Trinajstić information content (AvgIpc) is 2.51. The monoisotopic (exact) mass is 240 g/mol. The van der Waals surface area contributed by atoms with Crippen LogP contribution in [0, 0.1) is 11.8 Å². The largest absolute Gasteiger partial charge is 0.329 e. The summed E-state index contributed by atoms with van der Waals surface area (Å²) in [5, 5.41) is 3.76. The average molecular weight is 240 g/mol. The Morgan fingerprint density at radius 1 is 1.29 bits per heavy atom. The maximum Gasteiger partial charge on any atom is 0.0304 e. The molecule has 2 nitrogen and oxygen atoms in total. The van der Waals surface area contributed by atoms with E-state index in [1.807, 2.05) is 0 Å². The molecule has 0 heterocycles. The van der Waals surface area contributed by atoms with Crippen LogP contribution in [0.4, 0.5) is 0 Å². The Labute approximate surface area is 108 Å². The lowest BCUT2D eigenvalue weighted by Crippen LogP contribution is -2.52. The van der Waals surface area contributed by atoms with Gasteiger partial charge < -0.3 is 11.1 Å². The molecule has 0 aromatic rings. The zero-order valence-corrected chi connectivity index (χ0v) is 12.1. The van der Waals surface area contributed by atoms with E-state index in [0.717, 1.165) is 19.0 Å². The highest BCUT2D eigenvalue weighted by Gasteiger charge is 2.31. The molecule has 1 fully saturated rings. The van der Waals surface area contributed by atoms with Crippen LogP contribution in [0.15, 0.2) is 0 Å². The molecule has 0 spiro atoms. The van der Waals surface area contributed by atoms with Crippen LogP contribution in [0.3, 0.4) is 0 Å². The van der Waals surface area contributed by atoms with E-state index >= 15 is 0 Å². The van der Waals surface area contributed by atoms with E-state index in [2.05, 4.69) is 26.1 Å². The zero-order valence-electron chi connectivity index (χ0n) is 12.1. The van der Waals surface area contributed by atoms with Gasteiger partial charge in [0.1, 0.15) is 0 Å². The van der Waals surface area contributed by atoms with Crippen molar-refractivity contribution in [1.82, 2.24) is 5.32 Å². The van der Waals surface area contributed by atoms with Crippen molar-refractivity contribution in [3.05, 3.63) is 0 Å². The van der Waals surface area contributed by atoms with Crippen LogP contribution in [0.5, 0.6) is 0 Å². The summed E-state index contributed by atoms with van der Waals surface area (Å²) in [6, 6.07) is 0. The van der Waals surface area contributed by atoms with Gasteiger partial charge >= 0.3 is 0 Å². The summed E-state index contributed by atoms with van der Waals surface area (Å²) in [4.78, 5) is 0. The van der Waals surface area contributed by atoms with Gasteiger partial charge in [0.15, 0.2) is 0 Å². The first kappa shape index (κ1) is 15.0. The molecule has 0 aromatic carbocycles. The van der Waals surface area contributed by atoms with Crippen LogP contribution in [-0.4, -0.2) is 18.6 Å². The molecule has 0 aromatic heterocycles. The maximum atomic E-state index is 6.05. The Bertz CT molecular complexity index is 203. The van der Waals surface area contributed by atoms with Gasteiger partial charge in [0.25, 0.3) is 0 Å².